The van der Waals surface area contributed by atoms with Gasteiger partial charge < -0.3 is 9.47 Å². The lowest BCUT2D eigenvalue weighted by atomic mass is 10.1. The molecule has 144 valence electrons. The van der Waals surface area contributed by atoms with Crippen LogP contribution in [0.3, 0.4) is 0 Å². The number of carbonyl (C=O) groups is 2. The molecule has 1 rings (SSSR count). The van der Waals surface area contributed by atoms with Crippen LogP contribution in [0.25, 0.3) is 0 Å². The lowest BCUT2D eigenvalue weighted by Gasteiger charge is -2.06. The van der Waals surface area contributed by atoms with Gasteiger partial charge in [0.2, 0.25) is 0 Å². The summed E-state index contributed by atoms with van der Waals surface area (Å²) in [6.07, 6.45) is 12.0. The molecule has 4 heteroatoms. The summed E-state index contributed by atoms with van der Waals surface area (Å²) in [4.78, 5) is 23.8. The van der Waals surface area contributed by atoms with Crippen LogP contribution in [-0.2, 0) is 9.47 Å². The van der Waals surface area contributed by atoms with Crippen molar-refractivity contribution in [3.05, 3.63) is 48.0 Å². The van der Waals surface area contributed by atoms with Crippen molar-refractivity contribution >= 4 is 11.9 Å². The van der Waals surface area contributed by atoms with E-state index in [0.717, 1.165) is 12.8 Å². The minimum Gasteiger partial charge on any atom is -0.462 e. The first-order valence-electron chi connectivity index (χ1n) is 9.74. The summed E-state index contributed by atoms with van der Waals surface area (Å²) in [5, 5.41) is 0. The summed E-state index contributed by atoms with van der Waals surface area (Å²) >= 11 is 0. The molecule has 0 aromatic heterocycles. The third-order valence-electron chi connectivity index (χ3n) is 4.14. The molecule has 0 saturated heterocycles. The molecule has 0 aliphatic carbocycles. The van der Waals surface area contributed by atoms with Gasteiger partial charge in [-0.15, -0.1) is 6.58 Å². The lowest BCUT2D eigenvalue weighted by Crippen LogP contribution is -2.09. The van der Waals surface area contributed by atoms with Crippen molar-refractivity contribution in [1.82, 2.24) is 0 Å². The summed E-state index contributed by atoms with van der Waals surface area (Å²) in [5.41, 5.74) is 0.876. The van der Waals surface area contributed by atoms with E-state index in [0.29, 0.717) is 30.8 Å². The third-order valence-corrected chi connectivity index (χ3v) is 4.14. The van der Waals surface area contributed by atoms with Gasteiger partial charge in [0, 0.05) is 0 Å². The Morgan fingerprint density at radius 3 is 1.77 bits per heavy atom. The monoisotopic (exact) mass is 360 g/mol. The maximum atomic E-state index is 12.0. The molecule has 1 aromatic rings. The number of ether oxygens (including phenoxy) is 2. The predicted molar refractivity (Wildman–Crippen MR) is 104 cm³/mol. The van der Waals surface area contributed by atoms with E-state index in [-0.39, 0.29) is 5.97 Å². The molecular formula is C22H32O4. The molecular weight excluding hydrogens is 328 g/mol. The molecule has 0 aliphatic rings. The maximum absolute atomic E-state index is 12.0. The van der Waals surface area contributed by atoms with Crippen molar-refractivity contribution in [3.63, 3.8) is 0 Å². The Bertz CT molecular complexity index is 534. The number of carbonyl (C=O) groups excluding carboxylic acids is 2. The highest BCUT2D eigenvalue weighted by Crippen LogP contribution is 2.10. The topological polar surface area (TPSA) is 52.6 Å². The molecule has 0 N–H and O–H groups in total. The quantitative estimate of drug-likeness (QED) is 0.242. The molecule has 0 radical (unpaired) electrons. The summed E-state index contributed by atoms with van der Waals surface area (Å²) in [6, 6.07) is 6.37. The van der Waals surface area contributed by atoms with E-state index in [1.807, 2.05) is 0 Å². The van der Waals surface area contributed by atoms with Gasteiger partial charge in [-0.3, -0.25) is 0 Å². The van der Waals surface area contributed by atoms with Crippen molar-refractivity contribution < 1.29 is 19.1 Å². The van der Waals surface area contributed by atoms with Crippen LogP contribution in [0, 0.1) is 0 Å². The Labute approximate surface area is 157 Å². The van der Waals surface area contributed by atoms with Crippen LogP contribution in [0.4, 0.5) is 0 Å². The van der Waals surface area contributed by atoms with Crippen LogP contribution in [0.15, 0.2) is 36.9 Å². The molecule has 0 saturated carbocycles. The second kappa shape index (κ2) is 14.1. The normalized spacial score (nSPS) is 10.3. The Kier molecular flexibility index (Phi) is 11.9. The van der Waals surface area contributed by atoms with Crippen LogP contribution < -0.4 is 0 Å². The minimum atomic E-state index is -0.397. The molecule has 26 heavy (non-hydrogen) atoms. The van der Waals surface area contributed by atoms with Gasteiger partial charge in [-0.25, -0.2) is 9.59 Å². The van der Waals surface area contributed by atoms with E-state index >= 15 is 0 Å². The Hall–Kier alpha value is -2.10. The first-order chi connectivity index (χ1) is 12.7. The fourth-order valence-corrected chi connectivity index (χ4v) is 2.54. The van der Waals surface area contributed by atoms with E-state index < -0.39 is 5.97 Å². The highest BCUT2D eigenvalue weighted by molar-refractivity contribution is 5.93. The molecule has 0 aliphatic heterocycles. The van der Waals surface area contributed by atoms with Crippen LogP contribution in [0.2, 0.25) is 0 Å². The van der Waals surface area contributed by atoms with Crippen LogP contribution in [0.1, 0.15) is 85.4 Å². The van der Waals surface area contributed by atoms with Crippen LogP contribution in [-0.4, -0.2) is 25.2 Å². The van der Waals surface area contributed by atoms with E-state index in [9.17, 15) is 9.59 Å². The summed E-state index contributed by atoms with van der Waals surface area (Å²) in [5.74, 6) is -0.745. The van der Waals surface area contributed by atoms with Crippen LogP contribution in [0.5, 0.6) is 0 Å². The van der Waals surface area contributed by atoms with E-state index in [4.69, 9.17) is 9.47 Å². The fraction of sp³-hybridized carbons (Fsp3) is 0.545. The molecule has 0 bridgehead atoms. The smallest absolute Gasteiger partial charge is 0.338 e. The van der Waals surface area contributed by atoms with Gasteiger partial charge in [0.15, 0.2) is 0 Å². The van der Waals surface area contributed by atoms with Crippen LogP contribution >= 0.6 is 0 Å². The Morgan fingerprint density at radius 1 is 0.808 bits per heavy atom. The van der Waals surface area contributed by atoms with Gasteiger partial charge in [-0.2, -0.15) is 0 Å². The van der Waals surface area contributed by atoms with Crippen molar-refractivity contribution in [2.75, 3.05) is 13.2 Å². The predicted octanol–water partition coefficient (Wildman–Crippen LogP) is 5.72. The highest BCUT2D eigenvalue weighted by atomic mass is 16.5. The van der Waals surface area contributed by atoms with Gasteiger partial charge in [0.25, 0.3) is 0 Å². The van der Waals surface area contributed by atoms with Crippen molar-refractivity contribution in [2.24, 2.45) is 0 Å². The average molecular weight is 360 g/mol. The van der Waals surface area contributed by atoms with Crippen molar-refractivity contribution in [3.8, 4) is 0 Å². The zero-order valence-electron chi connectivity index (χ0n) is 16.0. The van der Waals surface area contributed by atoms with Gasteiger partial charge in [0.1, 0.15) is 0 Å². The first-order valence-corrected chi connectivity index (χ1v) is 9.74. The second-order valence-electron chi connectivity index (χ2n) is 6.40. The Balaban J connectivity index is 2.20. The van der Waals surface area contributed by atoms with E-state index in [1.165, 1.54) is 38.5 Å². The zero-order valence-corrected chi connectivity index (χ0v) is 16.0. The molecule has 0 amide bonds. The zero-order chi connectivity index (χ0) is 19.0. The number of unbranched alkanes of at least 4 members (excludes halogenated alkanes) is 7. The third kappa shape index (κ3) is 9.40. The number of hydrogen-bond donors (Lipinski definition) is 0. The molecule has 4 nitrogen and oxygen atoms in total. The number of hydrogen-bond acceptors (Lipinski definition) is 4. The SMILES string of the molecule is C=CCCOC(=O)c1ccc(C(=O)OCCCCCCCCCC)cc1. The molecule has 0 atom stereocenters. The van der Waals surface area contributed by atoms with Crippen molar-refractivity contribution in [1.29, 1.82) is 0 Å². The standard InChI is InChI=1S/C22H32O4/c1-3-5-7-8-9-10-11-12-18-26-22(24)20-15-13-19(14-16-20)21(23)25-17-6-4-2/h4,13-16H,2-3,5-12,17-18H2,1H3. The number of rotatable bonds is 14. The minimum absolute atomic E-state index is 0.310. The Morgan fingerprint density at radius 2 is 1.27 bits per heavy atom. The fourth-order valence-electron chi connectivity index (χ4n) is 2.54. The summed E-state index contributed by atoms with van der Waals surface area (Å²) in [6.45, 7) is 6.55. The lowest BCUT2D eigenvalue weighted by molar-refractivity contribution is 0.0488. The number of esters is 2. The van der Waals surface area contributed by atoms with Crippen molar-refractivity contribution in [2.45, 2.75) is 64.7 Å². The largest absolute Gasteiger partial charge is 0.462 e. The molecule has 1 aromatic carbocycles. The number of benzene rings is 1. The highest BCUT2D eigenvalue weighted by Gasteiger charge is 2.10. The van der Waals surface area contributed by atoms with Gasteiger partial charge in [-0.1, -0.05) is 57.9 Å². The van der Waals surface area contributed by atoms with Gasteiger partial charge in [0.05, 0.1) is 24.3 Å². The molecule has 0 heterocycles. The second-order valence-corrected chi connectivity index (χ2v) is 6.40. The van der Waals surface area contributed by atoms with Gasteiger partial charge >= 0.3 is 11.9 Å². The van der Waals surface area contributed by atoms with E-state index in [2.05, 4.69) is 13.5 Å². The van der Waals surface area contributed by atoms with Gasteiger partial charge in [-0.05, 0) is 37.1 Å². The average Bonchev–Trinajstić information content (AvgIpc) is 2.66. The first kappa shape index (κ1) is 21.9. The summed E-state index contributed by atoms with van der Waals surface area (Å²) in [7, 11) is 0. The molecule has 0 spiro atoms. The summed E-state index contributed by atoms with van der Waals surface area (Å²) < 4.78 is 10.4. The molecule has 0 fully saturated rings. The maximum Gasteiger partial charge on any atom is 0.338 e. The van der Waals surface area contributed by atoms with E-state index in [1.54, 1.807) is 30.3 Å². The molecule has 0 unspecified atom stereocenters.